The molecule has 0 unspecified atom stereocenters. The Morgan fingerprint density at radius 1 is 1.27 bits per heavy atom. The quantitative estimate of drug-likeness (QED) is 0.638. The zero-order valence-electron chi connectivity index (χ0n) is 14.1. The molecule has 3 heterocycles. The van der Waals surface area contributed by atoms with Crippen molar-refractivity contribution in [2.24, 2.45) is 0 Å². The zero-order valence-corrected chi connectivity index (χ0v) is 15.7. The highest BCUT2D eigenvalue weighted by Crippen LogP contribution is 2.32. The van der Waals surface area contributed by atoms with Crippen LogP contribution in [0.15, 0.2) is 41.1 Å². The molecule has 1 fully saturated rings. The fraction of sp³-hybridized carbons (Fsp3) is 0.316. The highest BCUT2D eigenvalue weighted by molar-refractivity contribution is 7.18. The van der Waals surface area contributed by atoms with Gasteiger partial charge in [-0.25, -0.2) is 9.78 Å². The van der Waals surface area contributed by atoms with Crippen LogP contribution < -0.4 is 0 Å². The molecule has 0 N–H and O–H groups in total. The number of thiazole rings is 1. The number of para-hydroxylation sites is 1. The van der Waals surface area contributed by atoms with Gasteiger partial charge >= 0.3 is 5.97 Å². The van der Waals surface area contributed by atoms with Crippen LogP contribution in [0.4, 0.5) is 0 Å². The predicted octanol–water partition coefficient (Wildman–Crippen LogP) is 3.92. The van der Waals surface area contributed by atoms with Crippen LogP contribution in [0, 0.1) is 0 Å². The van der Waals surface area contributed by atoms with Gasteiger partial charge in [0.1, 0.15) is 0 Å². The Bertz CT molecular complexity index is 887. The van der Waals surface area contributed by atoms with E-state index in [-0.39, 0.29) is 18.4 Å². The van der Waals surface area contributed by atoms with Crippen LogP contribution in [0.3, 0.4) is 0 Å². The van der Waals surface area contributed by atoms with Gasteiger partial charge in [0.2, 0.25) is 0 Å². The van der Waals surface area contributed by atoms with Crippen LogP contribution in [0.2, 0.25) is 0 Å². The second-order valence-corrected chi connectivity index (χ2v) is 8.13. The Balaban J connectivity index is 1.38. The van der Waals surface area contributed by atoms with E-state index in [0.29, 0.717) is 18.7 Å². The fourth-order valence-electron chi connectivity index (χ4n) is 3.15. The van der Waals surface area contributed by atoms with Crippen LogP contribution in [-0.4, -0.2) is 41.5 Å². The first-order valence-electron chi connectivity index (χ1n) is 8.53. The lowest BCUT2D eigenvalue weighted by atomic mass is 9.99. The van der Waals surface area contributed by atoms with E-state index in [1.807, 2.05) is 23.6 Å². The van der Waals surface area contributed by atoms with E-state index in [9.17, 15) is 9.59 Å². The normalized spacial score (nSPS) is 17.4. The van der Waals surface area contributed by atoms with Crippen LogP contribution in [-0.2, 0) is 9.53 Å². The number of hydrogen-bond acceptors (Lipinski definition) is 6. The first-order valence-corrected chi connectivity index (χ1v) is 10.3. The van der Waals surface area contributed by atoms with Gasteiger partial charge in [0.05, 0.1) is 20.8 Å². The number of amides is 1. The number of hydrogen-bond donors (Lipinski definition) is 0. The summed E-state index contributed by atoms with van der Waals surface area (Å²) in [4.78, 5) is 30.9. The topological polar surface area (TPSA) is 59.5 Å². The van der Waals surface area contributed by atoms with Crippen LogP contribution in [0.25, 0.3) is 10.2 Å². The number of thiophene rings is 1. The summed E-state index contributed by atoms with van der Waals surface area (Å²) in [6, 6.07) is 9.80. The van der Waals surface area contributed by atoms with E-state index in [0.717, 1.165) is 23.4 Å². The van der Waals surface area contributed by atoms with E-state index < -0.39 is 5.97 Å². The molecule has 1 aliphatic rings. The standard InChI is InChI=1S/C19H18N2O3S2/c22-17(11-24-19(23)14-7-9-25-12-14)21-8-3-4-13(10-21)18-20-15-5-1-2-6-16(15)26-18/h1-2,5-7,9,12-13H,3-4,8,10-11H2/t13-/m1/s1. The van der Waals surface area contributed by atoms with Crippen molar-refractivity contribution in [2.45, 2.75) is 18.8 Å². The molecule has 1 saturated heterocycles. The number of nitrogens with zero attached hydrogens (tertiary/aromatic N) is 2. The van der Waals surface area contributed by atoms with Gasteiger partial charge in [-0.3, -0.25) is 4.79 Å². The van der Waals surface area contributed by atoms with E-state index >= 15 is 0 Å². The minimum absolute atomic E-state index is 0.139. The minimum Gasteiger partial charge on any atom is -0.452 e. The smallest absolute Gasteiger partial charge is 0.339 e. The molecular weight excluding hydrogens is 368 g/mol. The average Bonchev–Trinajstić information content (AvgIpc) is 3.35. The number of ether oxygens (including phenoxy) is 1. The number of fused-ring (bicyclic) bond motifs is 1. The summed E-state index contributed by atoms with van der Waals surface area (Å²) >= 11 is 3.13. The third kappa shape index (κ3) is 3.64. The van der Waals surface area contributed by atoms with Gasteiger partial charge in [0.25, 0.3) is 5.91 Å². The molecule has 3 aromatic rings. The number of benzene rings is 1. The summed E-state index contributed by atoms with van der Waals surface area (Å²) in [7, 11) is 0. The van der Waals surface area contributed by atoms with E-state index in [1.54, 1.807) is 27.7 Å². The second kappa shape index (κ2) is 7.55. The lowest BCUT2D eigenvalue weighted by Gasteiger charge is -2.31. The molecule has 1 aromatic carbocycles. The van der Waals surface area contributed by atoms with Gasteiger partial charge in [-0.2, -0.15) is 11.3 Å². The number of carbonyl (C=O) groups is 2. The number of esters is 1. The SMILES string of the molecule is O=C(OCC(=O)N1CCC[C@@H](c2nc3ccccc3s2)C1)c1ccsc1. The number of rotatable bonds is 4. The summed E-state index contributed by atoms with van der Waals surface area (Å²) in [6.07, 6.45) is 1.96. The van der Waals surface area contributed by atoms with Crippen LogP contribution >= 0.6 is 22.7 Å². The van der Waals surface area contributed by atoms with Gasteiger partial charge in [-0.1, -0.05) is 12.1 Å². The maximum absolute atomic E-state index is 12.5. The molecule has 5 nitrogen and oxygen atoms in total. The Hall–Kier alpha value is -2.25. The molecule has 0 bridgehead atoms. The second-order valence-electron chi connectivity index (χ2n) is 6.29. The van der Waals surface area contributed by atoms with Gasteiger partial charge in [0.15, 0.2) is 6.61 Å². The maximum Gasteiger partial charge on any atom is 0.339 e. The Kier molecular flexibility index (Phi) is 4.99. The minimum atomic E-state index is -0.445. The first-order chi connectivity index (χ1) is 12.7. The predicted molar refractivity (Wildman–Crippen MR) is 103 cm³/mol. The Morgan fingerprint density at radius 2 is 2.15 bits per heavy atom. The molecule has 7 heteroatoms. The number of aromatic nitrogens is 1. The highest BCUT2D eigenvalue weighted by Gasteiger charge is 2.27. The zero-order chi connectivity index (χ0) is 17.9. The molecule has 1 atom stereocenters. The lowest BCUT2D eigenvalue weighted by Crippen LogP contribution is -2.41. The molecule has 0 radical (unpaired) electrons. The fourth-order valence-corrected chi connectivity index (χ4v) is 4.87. The van der Waals surface area contributed by atoms with Gasteiger partial charge in [-0.15, -0.1) is 11.3 Å². The van der Waals surface area contributed by atoms with E-state index in [1.165, 1.54) is 16.0 Å². The molecule has 0 spiro atoms. The molecule has 0 aliphatic carbocycles. The monoisotopic (exact) mass is 386 g/mol. The molecular formula is C19H18N2O3S2. The summed E-state index contributed by atoms with van der Waals surface area (Å²) in [6.45, 7) is 1.13. The van der Waals surface area contributed by atoms with Crippen LogP contribution in [0.1, 0.15) is 34.1 Å². The largest absolute Gasteiger partial charge is 0.452 e. The summed E-state index contributed by atoms with van der Waals surface area (Å²) in [5.41, 5.74) is 1.51. The van der Waals surface area contributed by atoms with E-state index in [4.69, 9.17) is 9.72 Å². The number of likely N-dealkylation sites (tertiary alicyclic amines) is 1. The molecule has 2 aromatic heterocycles. The number of carbonyl (C=O) groups excluding carboxylic acids is 2. The maximum atomic E-state index is 12.5. The summed E-state index contributed by atoms with van der Waals surface area (Å²) in [5.74, 6) is -0.337. The van der Waals surface area contributed by atoms with Gasteiger partial charge in [0, 0.05) is 24.4 Å². The molecule has 1 amide bonds. The van der Waals surface area contributed by atoms with Crippen molar-refractivity contribution < 1.29 is 14.3 Å². The summed E-state index contributed by atoms with van der Waals surface area (Å²) in [5, 5.41) is 4.61. The van der Waals surface area contributed by atoms with Crippen molar-refractivity contribution in [1.82, 2.24) is 9.88 Å². The first kappa shape index (κ1) is 17.2. The van der Waals surface area contributed by atoms with E-state index in [2.05, 4.69) is 6.07 Å². The molecule has 134 valence electrons. The Labute approximate surface area is 159 Å². The van der Waals surface area contributed by atoms with Crippen molar-refractivity contribution >= 4 is 44.8 Å². The molecule has 4 rings (SSSR count). The molecule has 26 heavy (non-hydrogen) atoms. The van der Waals surface area contributed by atoms with Crippen molar-refractivity contribution in [1.29, 1.82) is 0 Å². The van der Waals surface area contributed by atoms with Crippen molar-refractivity contribution in [3.8, 4) is 0 Å². The number of piperidine rings is 1. The third-order valence-corrected chi connectivity index (χ3v) is 6.40. The van der Waals surface area contributed by atoms with Gasteiger partial charge in [-0.05, 0) is 36.4 Å². The third-order valence-electron chi connectivity index (χ3n) is 4.52. The van der Waals surface area contributed by atoms with Crippen LogP contribution in [0.5, 0.6) is 0 Å². The summed E-state index contributed by atoms with van der Waals surface area (Å²) < 4.78 is 6.33. The van der Waals surface area contributed by atoms with Crippen molar-refractivity contribution in [2.75, 3.05) is 19.7 Å². The van der Waals surface area contributed by atoms with Crippen molar-refractivity contribution in [3.05, 3.63) is 51.7 Å². The molecule has 0 saturated carbocycles. The highest BCUT2D eigenvalue weighted by atomic mass is 32.1. The molecule has 1 aliphatic heterocycles. The van der Waals surface area contributed by atoms with Crippen molar-refractivity contribution in [3.63, 3.8) is 0 Å². The van der Waals surface area contributed by atoms with Gasteiger partial charge < -0.3 is 9.64 Å². The lowest BCUT2D eigenvalue weighted by molar-refractivity contribution is -0.135. The Morgan fingerprint density at radius 3 is 2.96 bits per heavy atom. The average molecular weight is 386 g/mol.